The van der Waals surface area contributed by atoms with Crippen molar-refractivity contribution < 1.29 is 18.3 Å². The van der Waals surface area contributed by atoms with Gasteiger partial charge in [-0.1, -0.05) is 0 Å². The number of morpholine rings is 1. The third-order valence-corrected chi connectivity index (χ3v) is 6.62. The van der Waals surface area contributed by atoms with Crippen molar-refractivity contribution >= 4 is 21.4 Å². The van der Waals surface area contributed by atoms with Gasteiger partial charge in [0.2, 0.25) is 10.0 Å². The number of hydrogen-bond acceptors (Lipinski definition) is 5. The Balaban J connectivity index is 2.43. The Hall–Kier alpha value is -0.470. The molecule has 1 aromatic rings. The third kappa shape index (κ3) is 2.71. The Kier molecular flexibility index (Phi) is 4.04. The maximum absolute atomic E-state index is 12.7. The summed E-state index contributed by atoms with van der Waals surface area (Å²) in [6, 6.07) is 1.57. The van der Waals surface area contributed by atoms with E-state index >= 15 is 0 Å². The van der Waals surface area contributed by atoms with E-state index in [9.17, 15) is 8.42 Å². The molecule has 2 rings (SSSR count). The number of ether oxygens (including phenoxy) is 1. The number of hydrogen-bond donors (Lipinski definition) is 1. The summed E-state index contributed by atoms with van der Waals surface area (Å²) < 4.78 is 32.4. The highest BCUT2D eigenvalue weighted by Gasteiger charge is 2.40. The molecule has 1 aliphatic heterocycles. The van der Waals surface area contributed by atoms with Crippen LogP contribution in [0.15, 0.2) is 11.0 Å². The standard InChI is InChI=1S/C12H19NO4S2/c1-9-11(6-10(7-14)18-9)19(15,16)13-4-5-17-8-12(13,2)3/h6,14H,4-5,7-8H2,1-3H3. The molecule has 0 spiro atoms. The van der Waals surface area contributed by atoms with Gasteiger partial charge in [0.1, 0.15) is 0 Å². The van der Waals surface area contributed by atoms with E-state index in [1.54, 1.807) is 13.0 Å². The summed E-state index contributed by atoms with van der Waals surface area (Å²) in [5.41, 5.74) is -0.551. The molecule has 1 fully saturated rings. The van der Waals surface area contributed by atoms with Crippen molar-refractivity contribution in [2.24, 2.45) is 0 Å². The lowest BCUT2D eigenvalue weighted by atomic mass is 10.1. The predicted molar refractivity (Wildman–Crippen MR) is 73.8 cm³/mol. The average molecular weight is 305 g/mol. The van der Waals surface area contributed by atoms with Crippen molar-refractivity contribution in [3.63, 3.8) is 0 Å². The molecular weight excluding hydrogens is 286 g/mol. The number of thiophene rings is 1. The van der Waals surface area contributed by atoms with Crippen LogP contribution in [0.3, 0.4) is 0 Å². The quantitative estimate of drug-likeness (QED) is 0.915. The topological polar surface area (TPSA) is 66.8 Å². The number of aryl methyl sites for hydroxylation is 1. The smallest absolute Gasteiger partial charge is 0.244 e. The van der Waals surface area contributed by atoms with Crippen LogP contribution in [-0.4, -0.2) is 43.1 Å². The van der Waals surface area contributed by atoms with Gasteiger partial charge in [-0.25, -0.2) is 8.42 Å². The first-order chi connectivity index (χ1) is 8.79. The number of rotatable bonds is 3. The van der Waals surface area contributed by atoms with Gasteiger partial charge in [0, 0.05) is 16.3 Å². The molecule has 0 saturated carbocycles. The summed E-state index contributed by atoms with van der Waals surface area (Å²) in [5.74, 6) is 0. The van der Waals surface area contributed by atoms with Crippen LogP contribution in [0.25, 0.3) is 0 Å². The van der Waals surface area contributed by atoms with Crippen LogP contribution in [0.5, 0.6) is 0 Å². The molecule has 0 atom stereocenters. The van der Waals surface area contributed by atoms with Crippen LogP contribution in [0.2, 0.25) is 0 Å². The Morgan fingerprint density at radius 1 is 1.53 bits per heavy atom. The summed E-state index contributed by atoms with van der Waals surface area (Å²) in [6.07, 6.45) is 0. The zero-order valence-corrected chi connectivity index (χ0v) is 13.0. The number of aliphatic hydroxyl groups excluding tert-OH is 1. The minimum Gasteiger partial charge on any atom is -0.391 e. The van der Waals surface area contributed by atoms with Gasteiger partial charge in [-0.05, 0) is 26.8 Å². The summed E-state index contributed by atoms with van der Waals surface area (Å²) in [5, 5.41) is 9.14. The lowest BCUT2D eigenvalue weighted by Crippen LogP contribution is -2.55. The van der Waals surface area contributed by atoms with Gasteiger partial charge in [-0.3, -0.25) is 0 Å². The second-order valence-corrected chi connectivity index (χ2v) is 8.41. The van der Waals surface area contributed by atoms with E-state index in [1.165, 1.54) is 15.6 Å². The molecule has 108 valence electrons. The minimum absolute atomic E-state index is 0.131. The zero-order chi connectivity index (χ0) is 14.3. The highest BCUT2D eigenvalue weighted by molar-refractivity contribution is 7.89. The van der Waals surface area contributed by atoms with Crippen LogP contribution in [0, 0.1) is 6.92 Å². The Morgan fingerprint density at radius 2 is 2.21 bits per heavy atom. The minimum atomic E-state index is -3.54. The Labute approximate surface area is 117 Å². The number of aliphatic hydroxyl groups is 1. The summed E-state index contributed by atoms with van der Waals surface area (Å²) in [6.45, 7) is 6.52. The highest BCUT2D eigenvalue weighted by atomic mass is 32.2. The molecule has 5 nitrogen and oxygen atoms in total. The molecule has 0 radical (unpaired) electrons. The molecule has 1 aliphatic rings. The fraction of sp³-hybridized carbons (Fsp3) is 0.667. The van der Waals surface area contributed by atoms with Gasteiger partial charge in [0.25, 0.3) is 0 Å². The third-order valence-electron chi connectivity index (χ3n) is 3.22. The van der Waals surface area contributed by atoms with Crippen molar-refractivity contribution in [1.29, 1.82) is 0 Å². The molecule has 19 heavy (non-hydrogen) atoms. The molecule has 1 aromatic heterocycles. The molecule has 0 bridgehead atoms. The lowest BCUT2D eigenvalue weighted by Gasteiger charge is -2.40. The monoisotopic (exact) mass is 305 g/mol. The molecule has 0 aromatic carbocycles. The van der Waals surface area contributed by atoms with Crippen LogP contribution in [0.1, 0.15) is 23.6 Å². The van der Waals surface area contributed by atoms with Crippen molar-refractivity contribution in [2.45, 2.75) is 37.8 Å². The van der Waals surface area contributed by atoms with Crippen LogP contribution >= 0.6 is 11.3 Å². The largest absolute Gasteiger partial charge is 0.391 e. The Morgan fingerprint density at radius 3 is 2.74 bits per heavy atom. The first kappa shape index (κ1) is 14.9. The van der Waals surface area contributed by atoms with Crippen LogP contribution in [-0.2, 0) is 21.4 Å². The second-order valence-electron chi connectivity index (χ2n) is 5.23. The normalized spacial score (nSPS) is 20.6. The van der Waals surface area contributed by atoms with Gasteiger partial charge in [0.15, 0.2) is 0 Å². The number of sulfonamides is 1. The lowest BCUT2D eigenvalue weighted by molar-refractivity contribution is -0.00771. The molecule has 0 aliphatic carbocycles. The van der Waals surface area contributed by atoms with Crippen molar-refractivity contribution in [1.82, 2.24) is 4.31 Å². The van der Waals surface area contributed by atoms with Gasteiger partial charge in [-0.15, -0.1) is 11.3 Å². The van der Waals surface area contributed by atoms with E-state index in [-0.39, 0.29) is 6.61 Å². The highest BCUT2D eigenvalue weighted by Crippen LogP contribution is 2.32. The van der Waals surface area contributed by atoms with Crippen LogP contribution < -0.4 is 0 Å². The van der Waals surface area contributed by atoms with Gasteiger partial charge in [-0.2, -0.15) is 4.31 Å². The maximum atomic E-state index is 12.7. The van der Waals surface area contributed by atoms with E-state index < -0.39 is 15.6 Å². The molecule has 7 heteroatoms. The number of nitrogens with zero attached hydrogens (tertiary/aromatic N) is 1. The van der Waals surface area contributed by atoms with Crippen molar-refractivity contribution in [3.8, 4) is 0 Å². The molecule has 0 amide bonds. The van der Waals surface area contributed by atoms with E-state index in [2.05, 4.69) is 0 Å². The predicted octanol–water partition coefficient (Wildman–Crippen LogP) is 1.35. The first-order valence-corrected chi connectivity index (χ1v) is 8.35. The van der Waals surface area contributed by atoms with E-state index in [0.717, 1.165) is 0 Å². The summed E-state index contributed by atoms with van der Waals surface area (Å²) >= 11 is 1.32. The fourth-order valence-corrected chi connectivity index (χ4v) is 5.49. The van der Waals surface area contributed by atoms with Crippen molar-refractivity contribution in [3.05, 3.63) is 15.8 Å². The molecule has 0 unspecified atom stereocenters. The molecule has 1 N–H and O–H groups in total. The molecular formula is C12H19NO4S2. The van der Waals surface area contributed by atoms with E-state index in [4.69, 9.17) is 9.84 Å². The average Bonchev–Trinajstić information content (AvgIpc) is 2.70. The summed E-state index contributed by atoms with van der Waals surface area (Å²) in [7, 11) is -3.54. The van der Waals surface area contributed by atoms with Crippen molar-refractivity contribution in [2.75, 3.05) is 19.8 Å². The molecule has 1 saturated heterocycles. The van der Waals surface area contributed by atoms with Crippen LogP contribution in [0.4, 0.5) is 0 Å². The fourth-order valence-electron chi connectivity index (χ4n) is 2.27. The summed E-state index contributed by atoms with van der Waals surface area (Å²) in [4.78, 5) is 1.69. The van der Waals surface area contributed by atoms with Gasteiger partial charge >= 0.3 is 0 Å². The SMILES string of the molecule is Cc1sc(CO)cc1S(=O)(=O)N1CCOCC1(C)C. The zero-order valence-electron chi connectivity index (χ0n) is 11.3. The van der Waals surface area contributed by atoms with Gasteiger partial charge in [0.05, 0.1) is 30.3 Å². The van der Waals surface area contributed by atoms with E-state index in [1.807, 2.05) is 13.8 Å². The Bertz CT molecular complexity index is 562. The second kappa shape index (κ2) is 5.14. The van der Waals surface area contributed by atoms with E-state index in [0.29, 0.717) is 34.4 Å². The van der Waals surface area contributed by atoms with Gasteiger partial charge < -0.3 is 9.84 Å². The molecule has 2 heterocycles. The maximum Gasteiger partial charge on any atom is 0.244 e. The first-order valence-electron chi connectivity index (χ1n) is 6.10.